The van der Waals surface area contributed by atoms with Gasteiger partial charge in [0, 0.05) is 18.7 Å². The first-order chi connectivity index (χ1) is 11.3. The van der Waals surface area contributed by atoms with Gasteiger partial charge in [0.1, 0.15) is 0 Å². The van der Waals surface area contributed by atoms with Crippen LogP contribution in [0.4, 0.5) is 0 Å². The second-order valence-electron chi connectivity index (χ2n) is 7.01. The van der Waals surface area contributed by atoms with Crippen LogP contribution >= 0.6 is 0 Å². The van der Waals surface area contributed by atoms with Crippen molar-refractivity contribution in [2.75, 3.05) is 13.1 Å². The van der Waals surface area contributed by atoms with Crippen LogP contribution in [0.25, 0.3) is 0 Å². The number of rotatable bonds is 6. The highest BCUT2D eigenvalue weighted by Gasteiger charge is 2.26. The van der Waals surface area contributed by atoms with Crippen LogP contribution in [0.2, 0.25) is 0 Å². The third-order valence-electron chi connectivity index (χ3n) is 5.36. The molecule has 0 spiro atoms. The summed E-state index contributed by atoms with van der Waals surface area (Å²) in [6.45, 7) is 2.75. The molecule has 1 saturated heterocycles. The van der Waals surface area contributed by atoms with Crippen molar-refractivity contribution in [3.63, 3.8) is 0 Å². The number of hydrogen-bond donors (Lipinski definition) is 1. The quantitative estimate of drug-likeness (QED) is 0.877. The number of nitrogens with zero attached hydrogens (tertiary/aromatic N) is 2. The van der Waals surface area contributed by atoms with Crippen LogP contribution in [0.3, 0.4) is 0 Å². The molecule has 0 bridgehead atoms. The molecule has 1 amide bonds. The Balaban J connectivity index is 1.64. The second-order valence-corrected chi connectivity index (χ2v) is 7.01. The number of carbonyl (C=O) groups excluding carboxylic acids is 1. The summed E-state index contributed by atoms with van der Waals surface area (Å²) in [6, 6.07) is 6.33. The molecule has 1 aliphatic carbocycles. The number of carbonyl (C=O) groups is 1. The number of hydrogen-bond acceptors (Lipinski definition) is 3. The molecule has 1 atom stereocenters. The molecule has 23 heavy (non-hydrogen) atoms. The molecule has 1 aromatic rings. The molecule has 4 nitrogen and oxygen atoms in total. The van der Waals surface area contributed by atoms with E-state index in [1.165, 1.54) is 19.3 Å². The Bertz CT molecular complexity index is 479. The fraction of sp³-hybridized carbons (Fsp3) is 0.684. The standard InChI is InChI=1S/C19H29N3O/c23-19(10-9-16-5-3-6-16)22(15-17-7-1-2-13-21-17)18-8-4-12-20-14-11-18/h1-2,7,13,16,18,20H,3-6,8-12,14-15H2. The van der Waals surface area contributed by atoms with E-state index in [1.807, 2.05) is 24.4 Å². The molecular weight excluding hydrogens is 286 g/mol. The minimum Gasteiger partial charge on any atom is -0.334 e. The lowest BCUT2D eigenvalue weighted by atomic mass is 9.82. The maximum absolute atomic E-state index is 12.9. The van der Waals surface area contributed by atoms with Gasteiger partial charge in [-0.2, -0.15) is 0 Å². The number of aromatic nitrogens is 1. The van der Waals surface area contributed by atoms with Crippen LogP contribution in [0, 0.1) is 5.92 Å². The topological polar surface area (TPSA) is 45.2 Å². The normalized spacial score (nSPS) is 22.2. The number of nitrogens with one attached hydrogen (secondary N) is 1. The van der Waals surface area contributed by atoms with Gasteiger partial charge in [0.25, 0.3) is 0 Å². The van der Waals surface area contributed by atoms with E-state index in [1.54, 1.807) is 0 Å². The lowest BCUT2D eigenvalue weighted by molar-refractivity contribution is -0.135. The van der Waals surface area contributed by atoms with Gasteiger partial charge in [-0.3, -0.25) is 9.78 Å². The zero-order valence-corrected chi connectivity index (χ0v) is 14.0. The van der Waals surface area contributed by atoms with Gasteiger partial charge in [0.05, 0.1) is 12.2 Å². The minimum atomic E-state index is 0.328. The molecule has 2 fully saturated rings. The highest BCUT2D eigenvalue weighted by molar-refractivity contribution is 5.76. The number of pyridine rings is 1. The monoisotopic (exact) mass is 315 g/mol. The summed E-state index contributed by atoms with van der Waals surface area (Å²) >= 11 is 0. The van der Waals surface area contributed by atoms with Crippen LogP contribution in [-0.4, -0.2) is 34.9 Å². The van der Waals surface area contributed by atoms with E-state index in [2.05, 4.69) is 15.2 Å². The smallest absolute Gasteiger partial charge is 0.223 e. The molecule has 0 radical (unpaired) electrons. The molecule has 2 aliphatic rings. The van der Waals surface area contributed by atoms with Gasteiger partial charge >= 0.3 is 0 Å². The van der Waals surface area contributed by atoms with Crippen LogP contribution in [0.15, 0.2) is 24.4 Å². The van der Waals surface area contributed by atoms with E-state index in [0.717, 1.165) is 50.4 Å². The van der Waals surface area contributed by atoms with Gasteiger partial charge in [-0.25, -0.2) is 0 Å². The van der Waals surface area contributed by atoms with Gasteiger partial charge in [0.15, 0.2) is 0 Å². The molecule has 0 aromatic carbocycles. The zero-order chi connectivity index (χ0) is 15.9. The molecule has 126 valence electrons. The van der Waals surface area contributed by atoms with Crippen LogP contribution in [-0.2, 0) is 11.3 Å². The zero-order valence-electron chi connectivity index (χ0n) is 14.0. The first kappa shape index (κ1) is 16.4. The van der Waals surface area contributed by atoms with E-state index < -0.39 is 0 Å². The predicted octanol–water partition coefficient (Wildman–Crippen LogP) is 3.13. The van der Waals surface area contributed by atoms with E-state index in [0.29, 0.717) is 24.9 Å². The van der Waals surface area contributed by atoms with Crippen molar-refractivity contribution in [3.8, 4) is 0 Å². The predicted molar refractivity (Wildman–Crippen MR) is 91.9 cm³/mol. The van der Waals surface area contributed by atoms with Crippen molar-refractivity contribution < 1.29 is 4.79 Å². The number of amides is 1. The van der Waals surface area contributed by atoms with Crippen molar-refractivity contribution in [1.82, 2.24) is 15.2 Å². The minimum absolute atomic E-state index is 0.328. The first-order valence-corrected chi connectivity index (χ1v) is 9.23. The van der Waals surface area contributed by atoms with Crippen molar-refractivity contribution in [1.29, 1.82) is 0 Å². The first-order valence-electron chi connectivity index (χ1n) is 9.23. The molecule has 4 heteroatoms. The summed E-state index contributed by atoms with van der Waals surface area (Å²) in [5.41, 5.74) is 1.00. The molecule has 1 saturated carbocycles. The Morgan fingerprint density at radius 2 is 2.09 bits per heavy atom. The Morgan fingerprint density at radius 1 is 1.17 bits per heavy atom. The Hall–Kier alpha value is -1.42. The van der Waals surface area contributed by atoms with Gasteiger partial charge in [-0.1, -0.05) is 25.3 Å². The molecule has 1 N–H and O–H groups in total. The van der Waals surface area contributed by atoms with E-state index >= 15 is 0 Å². The van der Waals surface area contributed by atoms with Crippen LogP contribution < -0.4 is 5.32 Å². The Kier molecular flexibility index (Phi) is 6.03. The average Bonchev–Trinajstić information content (AvgIpc) is 2.81. The maximum atomic E-state index is 12.9. The third-order valence-corrected chi connectivity index (χ3v) is 5.36. The summed E-state index contributed by atoms with van der Waals surface area (Å²) in [5, 5.41) is 3.45. The van der Waals surface area contributed by atoms with Gasteiger partial charge in [0.2, 0.25) is 5.91 Å². The molecular formula is C19H29N3O. The van der Waals surface area contributed by atoms with Crippen LogP contribution in [0.1, 0.15) is 57.1 Å². The second kappa shape index (κ2) is 8.44. The summed E-state index contributed by atoms with van der Waals surface area (Å²) in [5.74, 6) is 1.13. The van der Waals surface area contributed by atoms with Crippen molar-refractivity contribution in [3.05, 3.63) is 30.1 Å². The van der Waals surface area contributed by atoms with Crippen molar-refractivity contribution in [2.45, 2.75) is 64.0 Å². The average molecular weight is 315 g/mol. The largest absolute Gasteiger partial charge is 0.334 e. The SMILES string of the molecule is O=C(CCC1CCC1)N(Cc1ccccn1)C1CCCNCC1. The summed E-state index contributed by atoms with van der Waals surface area (Å²) < 4.78 is 0. The fourth-order valence-electron chi connectivity index (χ4n) is 3.65. The lowest BCUT2D eigenvalue weighted by Crippen LogP contribution is -2.40. The van der Waals surface area contributed by atoms with Gasteiger partial charge in [-0.05, 0) is 56.8 Å². The molecule has 1 aliphatic heterocycles. The fourth-order valence-corrected chi connectivity index (χ4v) is 3.65. The Morgan fingerprint density at radius 3 is 2.83 bits per heavy atom. The molecule has 1 unspecified atom stereocenters. The van der Waals surface area contributed by atoms with E-state index in [4.69, 9.17) is 0 Å². The molecule has 1 aromatic heterocycles. The van der Waals surface area contributed by atoms with Crippen LogP contribution in [0.5, 0.6) is 0 Å². The van der Waals surface area contributed by atoms with Crippen molar-refractivity contribution >= 4 is 5.91 Å². The van der Waals surface area contributed by atoms with Crippen molar-refractivity contribution in [2.24, 2.45) is 5.92 Å². The Labute approximate surface area is 139 Å². The highest BCUT2D eigenvalue weighted by Crippen LogP contribution is 2.31. The summed E-state index contributed by atoms with van der Waals surface area (Å²) in [6.07, 6.45) is 10.9. The molecule has 3 rings (SSSR count). The summed E-state index contributed by atoms with van der Waals surface area (Å²) in [7, 11) is 0. The summed E-state index contributed by atoms with van der Waals surface area (Å²) in [4.78, 5) is 19.4. The maximum Gasteiger partial charge on any atom is 0.223 e. The van der Waals surface area contributed by atoms with E-state index in [-0.39, 0.29) is 0 Å². The van der Waals surface area contributed by atoms with E-state index in [9.17, 15) is 4.79 Å². The molecule has 2 heterocycles. The highest BCUT2D eigenvalue weighted by atomic mass is 16.2. The van der Waals surface area contributed by atoms with Gasteiger partial charge < -0.3 is 10.2 Å². The van der Waals surface area contributed by atoms with Gasteiger partial charge in [-0.15, -0.1) is 0 Å². The lowest BCUT2D eigenvalue weighted by Gasteiger charge is -2.32. The third kappa shape index (κ3) is 4.77.